The molecule has 0 unspecified atom stereocenters. The molecule has 3 aromatic rings. The number of ether oxygens (including phenoxy) is 4. The van der Waals surface area contributed by atoms with Crippen molar-refractivity contribution in [3.8, 4) is 28.7 Å². The average molecular weight is 539 g/mol. The lowest BCUT2D eigenvalue weighted by Gasteiger charge is -2.28. The fraction of sp³-hybridized carbons (Fsp3) is 0.208. The number of para-hydroxylation sites is 2. The molecule has 0 atom stereocenters. The first-order valence-corrected chi connectivity index (χ1v) is 12.3. The summed E-state index contributed by atoms with van der Waals surface area (Å²) in [7, 11) is -4.10. The minimum atomic E-state index is -4.82. The second-order valence-electron chi connectivity index (χ2n) is 8.10. The number of hydrogen-bond donors (Lipinski definition) is 2. The Morgan fingerprint density at radius 1 is 0.892 bits per heavy atom. The molecule has 0 aromatic heterocycles. The summed E-state index contributed by atoms with van der Waals surface area (Å²) in [5, 5.41) is 9.29. The smallest absolute Gasteiger partial charge is 0.488 e. The molecular weight excluding hydrogens is 519 g/mol. The van der Waals surface area contributed by atoms with E-state index in [1.165, 1.54) is 41.9 Å². The van der Waals surface area contributed by atoms with Crippen molar-refractivity contribution in [1.82, 2.24) is 5.48 Å². The van der Waals surface area contributed by atoms with Gasteiger partial charge in [0.1, 0.15) is 35.9 Å². The van der Waals surface area contributed by atoms with Gasteiger partial charge >= 0.3 is 6.36 Å². The van der Waals surface area contributed by atoms with Crippen LogP contribution in [0.3, 0.4) is 0 Å². The summed E-state index contributed by atoms with van der Waals surface area (Å²) in [6.45, 7) is -0.740. The zero-order valence-corrected chi connectivity index (χ0v) is 19.7. The summed E-state index contributed by atoms with van der Waals surface area (Å²) in [6.07, 6.45) is -4.82. The summed E-state index contributed by atoms with van der Waals surface area (Å²) in [4.78, 5) is 12.4. The van der Waals surface area contributed by atoms with E-state index in [2.05, 4.69) is 4.74 Å². The molecule has 0 radical (unpaired) electrons. The van der Waals surface area contributed by atoms with E-state index in [1.807, 2.05) is 0 Å². The molecule has 0 aliphatic carbocycles. The molecule has 3 aromatic carbocycles. The first-order valence-electron chi connectivity index (χ1n) is 10.7. The van der Waals surface area contributed by atoms with Crippen LogP contribution in [0.25, 0.3) is 0 Å². The van der Waals surface area contributed by atoms with E-state index in [-0.39, 0.29) is 29.6 Å². The second-order valence-corrected chi connectivity index (χ2v) is 10.1. The van der Waals surface area contributed by atoms with E-state index in [0.717, 1.165) is 12.1 Å². The maximum absolute atomic E-state index is 13.2. The molecule has 13 heteroatoms. The number of alkyl halides is 3. The van der Waals surface area contributed by atoms with Gasteiger partial charge in [-0.05, 0) is 60.7 Å². The van der Waals surface area contributed by atoms with E-state index in [4.69, 9.17) is 14.2 Å². The summed E-state index contributed by atoms with van der Waals surface area (Å²) >= 11 is 0. The van der Waals surface area contributed by atoms with Gasteiger partial charge in [-0.1, -0.05) is 12.1 Å². The number of carbonyl (C=O) groups is 1. The van der Waals surface area contributed by atoms with Crippen molar-refractivity contribution in [2.75, 3.05) is 19.0 Å². The average Bonchev–Trinajstić information content (AvgIpc) is 3.04. The second kappa shape index (κ2) is 10.2. The zero-order chi connectivity index (χ0) is 26.7. The Morgan fingerprint density at radius 2 is 1.38 bits per heavy atom. The molecule has 1 aliphatic heterocycles. The summed E-state index contributed by atoms with van der Waals surface area (Å²) < 4.78 is 83.9. The number of sulfone groups is 1. The van der Waals surface area contributed by atoms with Crippen molar-refractivity contribution in [2.24, 2.45) is 5.41 Å². The lowest BCUT2D eigenvalue weighted by Crippen LogP contribution is -2.51. The maximum Gasteiger partial charge on any atom is 0.573 e. The molecule has 0 bridgehead atoms. The minimum absolute atomic E-state index is 0.138. The Balaban J connectivity index is 1.49. The lowest BCUT2D eigenvalue weighted by molar-refractivity contribution is -0.274. The van der Waals surface area contributed by atoms with Crippen molar-refractivity contribution in [3.63, 3.8) is 0 Å². The van der Waals surface area contributed by atoms with Crippen molar-refractivity contribution in [2.45, 2.75) is 11.3 Å². The number of fused-ring (bicyclic) bond motifs is 1. The number of nitrogens with one attached hydrogen (secondary N) is 1. The van der Waals surface area contributed by atoms with Gasteiger partial charge in [0.2, 0.25) is 0 Å². The molecule has 1 aliphatic rings. The van der Waals surface area contributed by atoms with E-state index in [1.54, 1.807) is 24.3 Å². The number of hydroxylamine groups is 1. The van der Waals surface area contributed by atoms with Crippen LogP contribution in [0.5, 0.6) is 28.7 Å². The normalized spacial score (nSPS) is 14.8. The third kappa shape index (κ3) is 6.24. The predicted molar refractivity (Wildman–Crippen MR) is 121 cm³/mol. The monoisotopic (exact) mass is 539 g/mol. The Labute approximate surface area is 209 Å². The molecule has 2 N–H and O–H groups in total. The van der Waals surface area contributed by atoms with Gasteiger partial charge in [0.05, 0.1) is 10.6 Å². The maximum atomic E-state index is 13.2. The molecule has 0 spiro atoms. The van der Waals surface area contributed by atoms with Gasteiger partial charge in [-0.3, -0.25) is 10.0 Å². The van der Waals surface area contributed by atoms with Crippen LogP contribution in [0.15, 0.2) is 77.7 Å². The SMILES string of the molecule is O=C(NO)C1(CS(=O)(=O)c2ccc(Oc3ccc(OC(F)(F)F)cc3)cc2)COc2ccccc2OC1. The van der Waals surface area contributed by atoms with Gasteiger partial charge in [0.25, 0.3) is 5.91 Å². The third-order valence-electron chi connectivity index (χ3n) is 5.38. The largest absolute Gasteiger partial charge is 0.573 e. The number of amides is 1. The molecule has 0 saturated carbocycles. The zero-order valence-electron chi connectivity index (χ0n) is 18.9. The Morgan fingerprint density at radius 3 is 1.86 bits per heavy atom. The lowest BCUT2D eigenvalue weighted by atomic mass is 9.92. The van der Waals surface area contributed by atoms with Crippen molar-refractivity contribution in [1.29, 1.82) is 0 Å². The summed E-state index contributed by atoms with van der Waals surface area (Å²) in [6, 6.07) is 16.4. The minimum Gasteiger partial charge on any atom is -0.488 e. The van der Waals surface area contributed by atoms with E-state index >= 15 is 0 Å². The molecule has 196 valence electrons. The van der Waals surface area contributed by atoms with Crippen LogP contribution in [0.4, 0.5) is 13.2 Å². The van der Waals surface area contributed by atoms with Gasteiger partial charge in [-0.15, -0.1) is 13.2 Å². The van der Waals surface area contributed by atoms with Crippen molar-refractivity contribution in [3.05, 3.63) is 72.8 Å². The highest BCUT2D eigenvalue weighted by Crippen LogP contribution is 2.36. The number of benzene rings is 3. The summed E-state index contributed by atoms with van der Waals surface area (Å²) in [5.41, 5.74) is -0.260. The molecule has 9 nitrogen and oxygen atoms in total. The standard InChI is InChI=1S/C24H20F3NO8S/c25-24(26,27)36-18-7-5-16(6-8-18)35-17-9-11-19(12-10-17)37(31,32)15-23(22(29)28-30)13-33-20-3-1-2-4-21(20)34-14-23/h1-12,30H,13-15H2,(H,28,29). The van der Waals surface area contributed by atoms with Crippen LogP contribution in [-0.2, 0) is 14.6 Å². The molecular formula is C24H20F3NO8S. The molecule has 0 fully saturated rings. The number of halogens is 3. The highest BCUT2D eigenvalue weighted by atomic mass is 32.2. The number of rotatable bonds is 7. The van der Waals surface area contributed by atoms with Gasteiger partial charge in [0.15, 0.2) is 21.3 Å². The molecule has 37 heavy (non-hydrogen) atoms. The van der Waals surface area contributed by atoms with Crippen LogP contribution in [0.2, 0.25) is 0 Å². The number of hydrogen-bond acceptors (Lipinski definition) is 8. The Hall–Kier alpha value is -3.97. The highest BCUT2D eigenvalue weighted by molar-refractivity contribution is 7.91. The predicted octanol–water partition coefficient (Wildman–Crippen LogP) is 4.11. The van der Waals surface area contributed by atoms with Gasteiger partial charge < -0.3 is 18.9 Å². The van der Waals surface area contributed by atoms with Crippen molar-refractivity contribution >= 4 is 15.7 Å². The van der Waals surface area contributed by atoms with Crippen LogP contribution in [-0.4, -0.2) is 44.9 Å². The van der Waals surface area contributed by atoms with E-state index in [0.29, 0.717) is 11.5 Å². The Kier molecular flexibility index (Phi) is 7.18. The van der Waals surface area contributed by atoms with Gasteiger partial charge in [0, 0.05) is 0 Å². The highest BCUT2D eigenvalue weighted by Gasteiger charge is 2.46. The van der Waals surface area contributed by atoms with Crippen LogP contribution < -0.4 is 24.4 Å². The van der Waals surface area contributed by atoms with E-state index < -0.39 is 39.0 Å². The topological polar surface area (TPSA) is 120 Å². The first-order chi connectivity index (χ1) is 17.5. The molecule has 1 amide bonds. The Bertz CT molecular complexity index is 1330. The molecule has 1 heterocycles. The third-order valence-corrected chi connectivity index (χ3v) is 7.31. The fourth-order valence-corrected chi connectivity index (χ4v) is 5.31. The van der Waals surface area contributed by atoms with Crippen LogP contribution in [0.1, 0.15) is 0 Å². The van der Waals surface area contributed by atoms with Crippen LogP contribution in [0, 0.1) is 5.41 Å². The molecule has 0 saturated heterocycles. The fourth-order valence-electron chi connectivity index (χ4n) is 3.57. The number of carbonyl (C=O) groups excluding carboxylic acids is 1. The van der Waals surface area contributed by atoms with Crippen LogP contribution >= 0.6 is 0 Å². The van der Waals surface area contributed by atoms with Crippen molar-refractivity contribution < 1.29 is 50.5 Å². The molecule has 4 rings (SSSR count). The summed E-state index contributed by atoms with van der Waals surface area (Å²) in [5.74, 6) is -1.09. The van der Waals surface area contributed by atoms with E-state index in [9.17, 15) is 31.6 Å². The first kappa shape index (κ1) is 26.1. The van der Waals surface area contributed by atoms with Gasteiger partial charge in [-0.2, -0.15) is 0 Å². The van der Waals surface area contributed by atoms with Gasteiger partial charge in [-0.25, -0.2) is 13.9 Å². The quantitative estimate of drug-likeness (QED) is 0.340.